The lowest BCUT2D eigenvalue weighted by molar-refractivity contribution is 0.0935. The van der Waals surface area contributed by atoms with Gasteiger partial charge in [0.2, 0.25) is 0 Å². The van der Waals surface area contributed by atoms with Crippen LogP contribution >= 0.6 is 0 Å². The van der Waals surface area contributed by atoms with Crippen molar-refractivity contribution in [1.29, 1.82) is 0 Å². The van der Waals surface area contributed by atoms with Gasteiger partial charge >= 0.3 is 0 Å². The summed E-state index contributed by atoms with van der Waals surface area (Å²) in [6.45, 7) is 4.09. The van der Waals surface area contributed by atoms with Crippen LogP contribution in [0.3, 0.4) is 0 Å². The predicted molar refractivity (Wildman–Crippen MR) is 79.9 cm³/mol. The van der Waals surface area contributed by atoms with Crippen LogP contribution in [0.4, 0.5) is 5.82 Å². The van der Waals surface area contributed by atoms with Crippen molar-refractivity contribution >= 4 is 21.6 Å². The number of sulfone groups is 1. The van der Waals surface area contributed by atoms with Gasteiger partial charge < -0.3 is 10.6 Å². The summed E-state index contributed by atoms with van der Waals surface area (Å²) in [4.78, 5) is 12.0. The molecule has 2 heterocycles. The average Bonchev–Trinajstić information content (AvgIpc) is 2.78. The lowest BCUT2D eigenvalue weighted by atomic mass is 10.2. The van der Waals surface area contributed by atoms with Crippen LogP contribution in [0.25, 0.3) is 0 Å². The monoisotopic (exact) mass is 312 g/mol. The first-order valence-electron chi connectivity index (χ1n) is 7.01. The zero-order valence-electron chi connectivity index (χ0n) is 12.2. The third-order valence-electron chi connectivity index (χ3n) is 3.47. The predicted octanol–water partition coefficient (Wildman–Crippen LogP) is 0.604. The van der Waals surface area contributed by atoms with Crippen LogP contribution in [0.1, 0.15) is 37.2 Å². The molecular weight excluding hydrogens is 292 g/mol. The van der Waals surface area contributed by atoms with Crippen LogP contribution in [0.15, 0.2) is 12.1 Å². The molecule has 1 aromatic rings. The second-order valence-electron chi connectivity index (χ2n) is 5.33. The molecule has 2 rings (SSSR count). The zero-order valence-corrected chi connectivity index (χ0v) is 13.0. The van der Waals surface area contributed by atoms with E-state index in [1.165, 1.54) is 0 Å². The van der Waals surface area contributed by atoms with Crippen LogP contribution in [0, 0.1) is 0 Å². The minimum Gasteiger partial charge on any atom is -0.366 e. The molecule has 1 aromatic heterocycles. The molecular formula is C13H20N4O3S. The molecule has 1 fully saturated rings. The van der Waals surface area contributed by atoms with Gasteiger partial charge in [-0.2, -0.15) is 0 Å². The molecule has 0 bridgehead atoms. The Morgan fingerprint density at radius 2 is 2.19 bits per heavy atom. The van der Waals surface area contributed by atoms with Crippen LogP contribution in [0.2, 0.25) is 0 Å². The highest BCUT2D eigenvalue weighted by Gasteiger charge is 2.29. The quantitative estimate of drug-likeness (QED) is 0.826. The van der Waals surface area contributed by atoms with E-state index < -0.39 is 9.84 Å². The van der Waals surface area contributed by atoms with Crippen molar-refractivity contribution in [3.8, 4) is 0 Å². The molecule has 2 atom stereocenters. The van der Waals surface area contributed by atoms with Crippen LogP contribution in [0.5, 0.6) is 0 Å². The van der Waals surface area contributed by atoms with Crippen molar-refractivity contribution in [3.05, 3.63) is 17.8 Å². The number of carbonyl (C=O) groups excluding carboxylic acids is 1. The molecule has 7 nitrogen and oxygen atoms in total. The highest BCUT2D eigenvalue weighted by Crippen LogP contribution is 2.12. The Hall–Kier alpha value is -1.70. The minimum absolute atomic E-state index is 0.000176. The van der Waals surface area contributed by atoms with Gasteiger partial charge in [-0.25, -0.2) is 8.42 Å². The van der Waals surface area contributed by atoms with E-state index in [1.807, 2.05) is 6.92 Å². The summed E-state index contributed by atoms with van der Waals surface area (Å²) >= 11 is 0. The van der Waals surface area contributed by atoms with Crippen molar-refractivity contribution < 1.29 is 13.2 Å². The van der Waals surface area contributed by atoms with Crippen molar-refractivity contribution in [3.63, 3.8) is 0 Å². The SMILES string of the molecule is CCC(C)Nc1ccc(C(=O)NC2CCS(=O)(=O)C2)nn1. The van der Waals surface area contributed by atoms with E-state index in [0.717, 1.165) is 6.42 Å². The smallest absolute Gasteiger partial charge is 0.272 e. The third-order valence-corrected chi connectivity index (χ3v) is 5.24. The fourth-order valence-corrected chi connectivity index (χ4v) is 3.73. The van der Waals surface area contributed by atoms with Crippen LogP contribution in [-0.4, -0.2) is 48.1 Å². The fourth-order valence-electron chi connectivity index (χ4n) is 2.05. The van der Waals surface area contributed by atoms with Gasteiger partial charge in [-0.15, -0.1) is 10.2 Å². The van der Waals surface area contributed by atoms with Crippen molar-refractivity contribution in [2.24, 2.45) is 0 Å². The molecule has 0 radical (unpaired) electrons. The lowest BCUT2D eigenvalue weighted by Crippen LogP contribution is -2.36. The molecule has 1 aliphatic heterocycles. The van der Waals surface area contributed by atoms with E-state index in [-0.39, 0.29) is 35.2 Å². The molecule has 21 heavy (non-hydrogen) atoms. The summed E-state index contributed by atoms with van der Waals surface area (Å²) in [5.41, 5.74) is 0.189. The maximum absolute atomic E-state index is 12.0. The number of hydrogen-bond acceptors (Lipinski definition) is 6. The fraction of sp³-hybridized carbons (Fsp3) is 0.615. The number of anilines is 1. The molecule has 116 valence electrons. The zero-order chi connectivity index (χ0) is 15.5. The topological polar surface area (TPSA) is 101 Å². The molecule has 8 heteroatoms. The van der Waals surface area contributed by atoms with E-state index in [2.05, 4.69) is 27.8 Å². The number of nitrogens with one attached hydrogen (secondary N) is 2. The van der Waals surface area contributed by atoms with E-state index >= 15 is 0 Å². The average molecular weight is 312 g/mol. The Morgan fingerprint density at radius 1 is 1.43 bits per heavy atom. The van der Waals surface area contributed by atoms with Gasteiger partial charge in [0.15, 0.2) is 15.5 Å². The molecule has 2 N–H and O–H groups in total. The Labute approximate surface area is 124 Å². The molecule has 0 aliphatic carbocycles. The van der Waals surface area contributed by atoms with Crippen molar-refractivity contribution in [2.75, 3.05) is 16.8 Å². The van der Waals surface area contributed by atoms with E-state index in [1.54, 1.807) is 12.1 Å². The Balaban J connectivity index is 1.94. The molecule has 0 spiro atoms. The Morgan fingerprint density at radius 3 is 2.71 bits per heavy atom. The van der Waals surface area contributed by atoms with E-state index in [0.29, 0.717) is 12.2 Å². The number of hydrogen-bond donors (Lipinski definition) is 2. The maximum Gasteiger partial charge on any atom is 0.272 e. The summed E-state index contributed by atoms with van der Waals surface area (Å²) < 4.78 is 22.7. The third kappa shape index (κ3) is 4.38. The first kappa shape index (κ1) is 15.7. The largest absolute Gasteiger partial charge is 0.366 e. The van der Waals surface area contributed by atoms with Gasteiger partial charge in [-0.05, 0) is 31.9 Å². The standard InChI is InChI=1S/C13H20N4O3S/c1-3-9(2)14-12-5-4-11(16-17-12)13(18)15-10-6-7-21(19,20)8-10/h4-5,9-10H,3,6-8H2,1-2H3,(H,14,17)(H,15,18). The van der Waals surface area contributed by atoms with Gasteiger partial charge in [0, 0.05) is 12.1 Å². The maximum atomic E-state index is 12.0. The van der Waals surface area contributed by atoms with Crippen LogP contribution < -0.4 is 10.6 Å². The summed E-state index contributed by atoms with van der Waals surface area (Å²) in [5.74, 6) is 0.352. The van der Waals surface area contributed by atoms with Gasteiger partial charge in [0.1, 0.15) is 5.82 Å². The second-order valence-corrected chi connectivity index (χ2v) is 7.56. The molecule has 1 aliphatic rings. The van der Waals surface area contributed by atoms with Gasteiger partial charge in [0.05, 0.1) is 11.5 Å². The molecule has 1 amide bonds. The minimum atomic E-state index is -3.01. The molecule has 2 unspecified atom stereocenters. The van der Waals surface area contributed by atoms with E-state index in [9.17, 15) is 13.2 Å². The number of aromatic nitrogens is 2. The number of rotatable bonds is 5. The highest BCUT2D eigenvalue weighted by atomic mass is 32.2. The Kier molecular flexibility index (Phi) is 4.76. The van der Waals surface area contributed by atoms with Crippen LogP contribution in [-0.2, 0) is 9.84 Å². The summed E-state index contributed by atoms with van der Waals surface area (Å²) in [6.07, 6.45) is 1.41. The Bertz CT molecular complexity index is 600. The number of carbonyl (C=O) groups is 1. The number of amides is 1. The van der Waals surface area contributed by atoms with Gasteiger partial charge in [0.25, 0.3) is 5.91 Å². The molecule has 1 saturated heterocycles. The van der Waals surface area contributed by atoms with Gasteiger partial charge in [-0.1, -0.05) is 6.92 Å². The normalized spacial score (nSPS) is 21.7. The molecule has 0 aromatic carbocycles. The highest BCUT2D eigenvalue weighted by molar-refractivity contribution is 7.91. The summed E-state index contributed by atoms with van der Waals surface area (Å²) in [6, 6.07) is 3.22. The summed E-state index contributed by atoms with van der Waals surface area (Å²) in [5, 5.41) is 13.7. The second kappa shape index (κ2) is 6.38. The summed E-state index contributed by atoms with van der Waals surface area (Å²) in [7, 11) is -3.01. The number of nitrogens with zero attached hydrogens (tertiary/aromatic N) is 2. The lowest BCUT2D eigenvalue weighted by Gasteiger charge is -2.12. The van der Waals surface area contributed by atoms with Crippen molar-refractivity contribution in [1.82, 2.24) is 15.5 Å². The first-order chi connectivity index (χ1) is 9.89. The van der Waals surface area contributed by atoms with Crippen molar-refractivity contribution in [2.45, 2.75) is 38.8 Å². The molecule has 0 saturated carbocycles. The van der Waals surface area contributed by atoms with E-state index in [4.69, 9.17) is 0 Å². The van der Waals surface area contributed by atoms with Gasteiger partial charge in [-0.3, -0.25) is 4.79 Å². The first-order valence-corrected chi connectivity index (χ1v) is 8.83.